The van der Waals surface area contributed by atoms with Gasteiger partial charge in [-0.1, -0.05) is 13.8 Å². The Bertz CT molecular complexity index is 1160. The second-order valence-electron chi connectivity index (χ2n) is 10.4. The standard InChI is InChI=1S/C28H37NO7/c1-7-35-27(31)21-14-29-22(13-23(21)30)20-12-24(34-6)25(36-15-17-8-19(9-17)33-5)10-18(20)11-26(29)28(2,3)16-32-4/h10,12-14,17,19,26H,7-9,11,15-16H2,1-6H3. The summed E-state index contributed by atoms with van der Waals surface area (Å²) >= 11 is 0. The van der Waals surface area contributed by atoms with Gasteiger partial charge in [-0.2, -0.15) is 0 Å². The van der Waals surface area contributed by atoms with Crippen molar-refractivity contribution in [2.75, 3.05) is 41.2 Å². The minimum absolute atomic E-state index is 0.0315. The van der Waals surface area contributed by atoms with Crippen molar-refractivity contribution in [1.82, 2.24) is 4.57 Å². The lowest BCUT2D eigenvalue weighted by Crippen LogP contribution is -2.37. The van der Waals surface area contributed by atoms with Gasteiger partial charge in [-0.15, -0.1) is 0 Å². The van der Waals surface area contributed by atoms with Gasteiger partial charge < -0.3 is 28.3 Å². The molecule has 2 aromatic rings. The van der Waals surface area contributed by atoms with Crippen LogP contribution in [0.3, 0.4) is 0 Å². The number of fused-ring (bicyclic) bond motifs is 3. The van der Waals surface area contributed by atoms with Gasteiger partial charge in [0.2, 0.25) is 0 Å². The molecule has 0 saturated heterocycles. The molecule has 0 radical (unpaired) electrons. The van der Waals surface area contributed by atoms with E-state index in [0.29, 0.717) is 43.2 Å². The lowest BCUT2D eigenvalue weighted by Gasteiger charge is -2.41. The van der Waals surface area contributed by atoms with Crippen LogP contribution in [0, 0.1) is 11.3 Å². The zero-order valence-electron chi connectivity index (χ0n) is 22.1. The summed E-state index contributed by atoms with van der Waals surface area (Å²) in [6, 6.07) is 5.42. The number of hydrogen-bond acceptors (Lipinski definition) is 7. The Kier molecular flexibility index (Phi) is 7.76. The summed E-state index contributed by atoms with van der Waals surface area (Å²) in [6.45, 7) is 7.29. The van der Waals surface area contributed by atoms with E-state index in [1.807, 2.05) is 16.7 Å². The van der Waals surface area contributed by atoms with Gasteiger partial charge in [0.25, 0.3) is 0 Å². The van der Waals surface area contributed by atoms with Crippen LogP contribution in [0.5, 0.6) is 11.5 Å². The van der Waals surface area contributed by atoms with Crippen LogP contribution < -0.4 is 14.9 Å². The van der Waals surface area contributed by atoms with Crippen LogP contribution in [0.15, 0.2) is 29.2 Å². The van der Waals surface area contributed by atoms with Crippen molar-refractivity contribution < 1.29 is 28.5 Å². The fourth-order valence-corrected chi connectivity index (χ4v) is 5.31. The predicted octanol–water partition coefficient (Wildman–Crippen LogP) is 4.27. The fraction of sp³-hybridized carbons (Fsp3) is 0.571. The topological polar surface area (TPSA) is 85.2 Å². The smallest absolute Gasteiger partial charge is 0.343 e. The van der Waals surface area contributed by atoms with Crippen LogP contribution in [0.2, 0.25) is 0 Å². The van der Waals surface area contributed by atoms with E-state index in [1.54, 1.807) is 34.4 Å². The van der Waals surface area contributed by atoms with Crippen molar-refractivity contribution in [3.63, 3.8) is 0 Å². The largest absolute Gasteiger partial charge is 0.493 e. The average molecular weight is 500 g/mol. The molecule has 1 fully saturated rings. The van der Waals surface area contributed by atoms with Crippen LogP contribution in [0.1, 0.15) is 55.6 Å². The summed E-state index contributed by atoms with van der Waals surface area (Å²) in [6.07, 6.45) is 4.63. The Morgan fingerprint density at radius 3 is 2.50 bits per heavy atom. The van der Waals surface area contributed by atoms with Crippen molar-refractivity contribution in [2.24, 2.45) is 11.3 Å². The van der Waals surface area contributed by atoms with E-state index >= 15 is 0 Å². The summed E-state index contributed by atoms with van der Waals surface area (Å²) in [4.78, 5) is 25.5. The first-order valence-corrected chi connectivity index (χ1v) is 12.5. The third-order valence-corrected chi connectivity index (χ3v) is 7.41. The van der Waals surface area contributed by atoms with E-state index < -0.39 is 5.97 Å². The maximum absolute atomic E-state index is 13.0. The van der Waals surface area contributed by atoms with Gasteiger partial charge in [0, 0.05) is 43.5 Å². The molecular formula is C28H37NO7. The van der Waals surface area contributed by atoms with Crippen LogP contribution >= 0.6 is 0 Å². The van der Waals surface area contributed by atoms with E-state index in [1.165, 1.54) is 6.07 Å². The zero-order valence-corrected chi connectivity index (χ0v) is 22.1. The number of benzene rings is 1. The van der Waals surface area contributed by atoms with Crippen LogP contribution in [0.4, 0.5) is 0 Å². The van der Waals surface area contributed by atoms with Gasteiger partial charge >= 0.3 is 5.97 Å². The zero-order chi connectivity index (χ0) is 26.0. The van der Waals surface area contributed by atoms with Gasteiger partial charge in [0.1, 0.15) is 5.56 Å². The first-order chi connectivity index (χ1) is 17.2. The Morgan fingerprint density at radius 1 is 1.11 bits per heavy atom. The Labute approximate surface area is 212 Å². The molecule has 1 aliphatic heterocycles. The molecule has 0 N–H and O–H groups in total. The van der Waals surface area contributed by atoms with E-state index in [2.05, 4.69) is 13.8 Å². The predicted molar refractivity (Wildman–Crippen MR) is 136 cm³/mol. The highest BCUT2D eigenvalue weighted by molar-refractivity contribution is 5.89. The number of hydrogen-bond donors (Lipinski definition) is 0. The second-order valence-corrected chi connectivity index (χ2v) is 10.4. The molecule has 0 bridgehead atoms. The maximum atomic E-state index is 13.0. The Hall–Kier alpha value is -2.84. The van der Waals surface area contributed by atoms with Crippen molar-refractivity contribution in [3.8, 4) is 22.8 Å². The molecule has 1 aromatic carbocycles. The quantitative estimate of drug-likeness (QED) is 0.451. The summed E-state index contributed by atoms with van der Waals surface area (Å²) in [5.41, 5.74) is 2.06. The summed E-state index contributed by atoms with van der Waals surface area (Å²) < 4.78 is 30.0. The first-order valence-electron chi connectivity index (χ1n) is 12.5. The minimum Gasteiger partial charge on any atom is -0.493 e. The lowest BCUT2D eigenvalue weighted by molar-refractivity contribution is -0.0144. The molecule has 0 spiro atoms. The van der Waals surface area contributed by atoms with E-state index in [-0.39, 0.29) is 29.1 Å². The Balaban J connectivity index is 1.76. The summed E-state index contributed by atoms with van der Waals surface area (Å²) in [5, 5.41) is 0. The summed E-state index contributed by atoms with van der Waals surface area (Å²) in [7, 11) is 5.04. The Morgan fingerprint density at radius 2 is 1.86 bits per heavy atom. The van der Waals surface area contributed by atoms with Gasteiger partial charge in [0.15, 0.2) is 16.9 Å². The number of carbonyl (C=O) groups excluding carboxylic acids is 1. The number of carbonyl (C=O) groups is 1. The second kappa shape index (κ2) is 10.6. The number of pyridine rings is 1. The van der Waals surface area contributed by atoms with Gasteiger partial charge in [-0.3, -0.25) is 4.79 Å². The monoisotopic (exact) mass is 499 g/mol. The molecule has 0 amide bonds. The highest BCUT2D eigenvalue weighted by atomic mass is 16.5. The molecule has 8 heteroatoms. The molecule has 196 valence electrons. The molecule has 1 aliphatic carbocycles. The molecule has 1 saturated carbocycles. The van der Waals surface area contributed by atoms with Gasteiger partial charge in [-0.05, 0) is 49.8 Å². The molecule has 8 nitrogen and oxygen atoms in total. The van der Waals surface area contributed by atoms with Crippen LogP contribution in [0.25, 0.3) is 11.3 Å². The molecule has 2 aliphatic rings. The fourth-order valence-electron chi connectivity index (χ4n) is 5.31. The third-order valence-electron chi connectivity index (χ3n) is 7.41. The van der Waals surface area contributed by atoms with Crippen molar-refractivity contribution in [1.29, 1.82) is 0 Å². The normalized spacial score (nSPS) is 20.7. The number of nitrogens with zero attached hydrogens (tertiary/aromatic N) is 1. The van der Waals surface area contributed by atoms with E-state index in [0.717, 1.165) is 29.7 Å². The van der Waals surface area contributed by atoms with Crippen molar-refractivity contribution in [2.45, 2.75) is 52.2 Å². The highest BCUT2D eigenvalue weighted by Gasteiger charge is 2.37. The number of esters is 1. The van der Waals surface area contributed by atoms with Crippen molar-refractivity contribution >= 4 is 5.97 Å². The maximum Gasteiger partial charge on any atom is 0.343 e. The molecule has 1 aromatic heterocycles. The molecular weight excluding hydrogens is 462 g/mol. The van der Waals surface area contributed by atoms with Crippen LogP contribution in [-0.4, -0.2) is 57.8 Å². The molecule has 4 rings (SSSR count). The van der Waals surface area contributed by atoms with Gasteiger partial charge in [0.05, 0.1) is 38.7 Å². The highest BCUT2D eigenvalue weighted by Crippen LogP contribution is 2.46. The number of ether oxygens (including phenoxy) is 5. The molecule has 1 unspecified atom stereocenters. The van der Waals surface area contributed by atoms with Crippen LogP contribution in [-0.2, 0) is 20.6 Å². The van der Waals surface area contributed by atoms with E-state index in [4.69, 9.17) is 23.7 Å². The van der Waals surface area contributed by atoms with E-state index in [9.17, 15) is 9.59 Å². The summed E-state index contributed by atoms with van der Waals surface area (Å²) in [5.74, 6) is 1.16. The lowest BCUT2D eigenvalue weighted by atomic mass is 9.77. The molecule has 36 heavy (non-hydrogen) atoms. The number of aromatic nitrogens is 1. The minimum atomic E-state index is -0.611. The third kappa shape index (κ3) is 5.02. The molecule has 1 atom stereocenters. The average Bonchev–Trinajstić information content (AvgIpc) is 2.81. The number of methoxy groups -OCH3 is 3. The van der Waals surface area contributed by atoms with Crippen molar-refractivity contribution in [3.05, 3.63) is 45.7 Å². The number of rotatable bonds is 10. The molecule has 2 heterocycles. The van der Waals surface area contributed by atoms with Gasteiger partial charge in [-0.25, -0.2) is 4.79 Å². The first kappa shape index (κ1) is 26.2. The SMILES string of the molecule is CCOC(=O)c1cn2c(cc1=O)-c1cc(OC)c(OCC3CC(OC)C3)cc1CC2C(C)(C)COC.